The van der Waals surface area contributed by atoms with Gasteiger partial charge in [-0.1, -0.05) is 15.9 Å². The Morgan fingerprint density at radius 1 is 1.11 bits per heavy atom. The van der Waals surface area contributed by atoms with E-state index in [1.54, 1.807) is 13.1 Å². The molecule has 0 aliphatic rings. The minimum atomic E-state index is 0.218. The first-order valence-electron chi connectivity index (χ1n) is 5.13. The van der Waals surface area contributed by atoms with Crippen molar-refractivity contribution >= 4 is 55.1 Å². The van der Waals surface area contributed by atoms with Crippen LogP contribution in [0, 0.1) is 0 Å². The lowest BCUT2D eigenvalue weighted by molar-refractivity contribution is 1.17. The van der Waals surface area contributed by atoms with Crippen LogP contribution in [0.5, 0.6) is 0 Å². The number of hydrogen-bond acceptors (Lipinski definition) is 5. The molecule has 1 aromatic carbocycles. The summed E-state index contributed by atoms with van der Waals surface area (Å²) in [6.07, 6.45) is 0. The van der Waals surface area contributed by atoms with Crippen LogP contribution in [0.3, 0.4) is 0 Å². The summed E-state index contributed by atoms with van der Waals surface area (Å²) < 4.78 is 1.91. The van der Waals surface area contributed by atoms with Gasteiger partial charge >= 0.3 is 0 Å². The van der Waals surface area contributed by atoms with Crippen LogP contribution in [0.25, 0.3) is 0 Å². The molecule has 7 heteroatoms. The molecule has 0 bridgehead atoms. The molecule has 94 valence electrons. The second kappa shape index (κ2) is 5.53. The highest BCUT2D eigenvalue weighted by atomic mass is 79.9. The van der Waals surface area contributed by atoms with E-state index in [0.717, 1.165) is 14.6 Å². The molecule has 0 fully saturated rings. The van der Waals surface area contributed by atoms with E-state index in [1.165, 1.54) is 0 Å². The number of anilines is 4. The van der Waals surface area contributed by atoms with Crippen molar-refractivity contribution in [1.82, 2.24) is 9.97 Å². The number of aromatic nitrogens is 2. The molecule has 4 N–H and O–H groups in total. The molecule has 0 spiro atoms. The van der Waals surface area contributed by atoms with Crippen LogP contribution in [-0.2, 0) is 0 Å². The Hall–Kier alpha value is -1.34. The number of rotatable bonds is 3. The maximum atomic E-state index is 5.63. The Morgan fingerprint density at radius 2 is 1.83 bits per heavy atom. The van der Waals surface area contributed by atoms with Crippen molar-refractivity contribution in [1.29, 1.82) is 0 Å². The van der Waals surface area contributed by atoms with Gasteiger partial charge in [-0.25, -0.2) is 0 Å². The summed E-state index contributed by atoms with van der Waals surface area (Å²) in [6.45, 7) is 0. The predicted molar refractivity (Wildman–Crippen MR) is 81.1 cm³/mol. The van der Waals surface area contributed by atoms with E-state index in [-0.39, 0.29) is 5.95 Å². The highest BCUT2D eigenvalue weighted by molar-refractivity contribution is 9.11. The van der Waals surface area contributed by atoms with Crippen molar-refractivity contribution < 1.29 is 0 Å². The third kappa shape index (κ3) is 3.11. The Morgan fingerprint density at radius 3 is 2.56 bits per heavy atom. The largest absolute Gasteiger partial charge is 0.373 e. The molecule has 1 aromatic heterocycles. The minimum Gasteiger partial charge on any atom is -0.373 e. The first-order valence-corrected chi connectivity index (χ1v) is 6.71. The zero-order valence-corrected chi connectivity index (χ0v) is 12.7. The molecule has 0 aliphatic heterocycles. The number of hydrogen-bond donors (Lipinski definition) is 3. The zero-order chi connectivity index (χ0) is 13.1. The Labute approximate surface area is 121 Å². The Balaban J connectivity index is 2.33. The number of benzene rings is 1. The molecule has 0 amide bonds. The zero-order valence-electron chi connectivity index (χ0n) is 9.54. The predicted octanol–water partition coefficient (Wildman–Crippen LogP) is 3.37. The van der Waals surface area contributed by atoms with Crippen LogP contribution < -0.4 is 16.4 Å². The summed E-state index contributed by atoms with van der Waals surface area (Å²) in [5, 5.41) is 6.11. The molecule has 0 saturated carbocycles. The van der Waals surface area contributed by atoms with E-state index < -0.39 is 0 Å². The maximum Gasteiger partial charge on any atom is 0.223 e. The summed E-state index contributed by atoms with van der Waals surface area (Å²) in [4.78, 5) is 8.16. The summed E-state index contributed by atoms with van der Waals surface area (Å²) >= 11 is 6.89. The van der Waals surface area contributed by atoms with Gasteiger partial charge in [0.2, 0.25) is 5.95 Å². The fraction of sp³-hybridized carbons (Fsp3) is 0.0909. The van der Waals surface area contributed by atoms with Gasteiger partial charge in [0, 0.05) is 22.1 Å². The number of nitrogen functional groups attached to an aromatic ring is 1. The van der Waals surface area contributed by atoms with Crippen molar-refractivity contribution in [2.45, 2.75) is 0 Å². The highest BCUT2D eigenvalue weighted by Crippen LogP contribution is 2.29. The van der Waals surface area contributed by atoms with E-state index in [0.29, 0.717) is 11.6 Å². The second-order valence-electron chi connectivity index (χ2n) is 3.50. The van der Waals surface area contributed by atoms with Gasteiger partial charge < -0.3 is 16.4 Å². The summed E-state index contributed by atoms with van der Waals surface area (Å²) in [6, 6.07) is 7.61. The smallest absolute Gasteiger partial charge is 0.223 e. The molecule has 0 unspecified atom stereocenters. The van der Waals surface area contributed by atoms with Gasteiger partial charge in [-0.05, 0) is 34.1 Å². The average molecular weight is 373 g/mol. The number of nitrogens with one attached hydrogen (secondary N) is 2. The van der Waals surface area contributed by atoms with Gasteiger partial charge in [-0.3, -0.25) is 0 Å². The molecule has 0 saturated heterocycles. The topological polar surface area (TPSA) is 75.9 Å². The van der Waals surface area contributed by atoms with Crippen molar-refractivity contribution in [3.05, 3.63) is 33.2 Å². The quantitative estimate of drug-likeness (QED) is 0.770. The molecule has 1 heterocycles. The van der Waals surface area contributed by atoms with Crippen LogP contribution in [-0.4, -0.2) is 17.0 Å². The SMILES string of the molecule is CNc1cc(Nc2cc(Br)ccc2Br)nc(N)n1. The minimum absolute atomic E-state index is 0.218. The molecule has 0 aliphatic carbocycles. The van der Waals surface area contributed by atoms with Crippen molar-refractivity contribution in [2.24, 2.45) is 0 Å². The molecule has 18 heavy (non-hydrogen) atoms. The van der Waals surface area contributed by atoms with Crippen LogP contribution in [0.4, 0.5) is 23.3 Å². The normalized spacial score (nSPS) is 10.2. The van der Waals surface area contributed by atoms with Gasteiger partial charge in [-0.15, -0.1) is 0 Å². The lowest BCUT2D eigenvalue weighted by Gasteiger charge is -2.10. The van der Waals surface area contributed by atoms with Gasteiger partial charge in [0.05, 0.1) is 5.69 Å². The van der Waals surface area contributed by atoms with Crippen molar-refractivity contribution in [3.63, 3.8) is 0 Å². The van der Waals surface area contributed by atoms with Crippen molar-refractivity contribution in [2.75, 3.05) is 23.4 Å². The van der Waals surface area contributed by atoms with Crippen LogP contribution in [0.2, 0.25) is 0 Å². The second-order valence-corrected chi connectivity index (χ2v) is 5.27. The Kier molecular flexibility index (Phi) is 4.03. The van der Waals surface area contributed by atoms with E-state index in [9.17, 15) is 0 Å². The fourth-order valence-corrected chi connectivity index (χ4v) is 2.10. The molecular formula is C11H11Br2N5. The molecular weight excluding hydrogens is 362 g/mol. The average Bonchev–Trinajstić information content (AvgIpc) is 2.33. The summed E-state index contributed by atoms with van der Waals surface area (Å²) in [7, 11) is 1.78. The molecule has 2 rings (SSSR count). The first-order chi connectivity index (χ1) is 8.58. The number of nitrogens with two attached hydrogens (primary N) is 1. The fourth-order valence-electron chi connectivity index (χ4n) is 1.39. The number of halogens is 2. The summed E-state index contributed by atoms with van der Waals surface area (Å²) in [5.41, 5.74) is 6.53. The van der Waals surface area contributed by atoms with Gasteiger partial charge in [0.15, 0.2) is 0 Å². The van der Waals surface area contributed by atoms with Crippen LogP contribution >= 0.6 is 31.9 Å². The molecule has 5 nitrogen and oxygen atoms in total. The molecule has 2 aromatic rings. The highest BCUT2D eigenvalue weighted by Gasteiger charge is 2.05. The summed E-state index contributed by atoms with van der Waals surface area (Å²) in [5.74, 6) is 1.51. The van der Waals surface area contributed by atoms with E-state index >= 15 is 0 Å². The van der Waals surface area contributed by atoms with E-state index in [2.05, 4.69) is 52.5 Å². The van der Waals surface area contributed by atoms with Gasteiger partial charge in [0.1, 0.15) is 11.6 Å². The first kappa shape index (κ1) is 13.1. The van der Waals surface area contributed by atoms with Gasteiger partial charge in [-0.2, -0.15) is 9.97 Å². The molecule has 0 radical (unpaired) electrons. The third-order valence-electron chi connectivity index (χ3n) is 2.19. The van der Waals surface area contributed by atoms with Gasteiger partial charge in [0.25, 0.3) is 0 Å². The maximum absolute atomic E-state index is 5.63. The monoisotopic (exact) mass is 371 g/mol. The van der Waals surface area contributed by atoms with Crippen LogP contribution in [0.1, 0.15) is 0 Å². The van der Waals surface area contributed by atoms with Crippen molar-refractivity contribution in [3.8, 4) is 0 Å². The Bertz CT molecular complexity index is 573. The van der Waals surface area contributed by atoms with Crippen LogP contribution in [0.15, 0.2) is 33.2 Å². The number of nitrogens with zero attached hydrogens (tertiary/aromatic N) is 2. The molecule has 0 atom stereocenters. The van der Waals surface area contributed by atoms with E-state index in [1.807, 2.05) is 18.2 Å². The lowest BCUT2D eigenvalue weighted by atomic mass is 10.3. The lowest BCUT2D eigenvalue weighted by Crippen LogP contribution is -2.03. The van der Waals surface area contributed by atoms with E-state index in [4.69, 9.17) is 5.73 Å². The third-order valence-corrected chi connectivity index (χ3v) is 3.38. The standard InChI is InChI=1S/C11H11Br2N5/c1-15-9-5-10(18-11(14)17-9)16-8-4-6(12)2-3-7(8)13/h2-5H,1H3,(H4,14,15,16,17,18).